The van der Waals surface area contributed by atoms with Crippen molar-refractivity contribution in [3.05, 3.63) is 35.1 Å². The van der Waals surface area contributed by atoms with Gasteiger partial charge in [-0.05, 0) is 37.5 Å². The second-order valence-corrected chi connectivity index (χ2v) is 4.48. The Balaban J connectivity index is 1.96. The Hall–Kier alpha value is -1.42. The highest BCUT2D eigenvalue weighted by Gasteiger charge is 2.30. The molecule has 1 amide bonds. The molecule has 0 unspecified atom stereocenters. The van der Waals surface area contributed by atoms with Crippen LogP contribution in [0.15, 0.2) is 18.2 Å². The number of halogens is 1. The Bertz CT molecular complexity index is 427. The highest BCUT2D eigenvalue weighted by Crippen LogP contribution is 2.23. The Kier molecular flexibility index (Phi) is 3.43. The topological polar surface area (TPSA) is 38.3 Å². The van der Waals surface area contributed by atoms with Gasteiger partial charge in [0.1, 0.15) is 5.82 Å². The zero-order valence-corrected chi connectivity index (χ0v) is 10.00. The molecule has 1 N–H and O–H groups in total. The first kappa shape index (κ1) is 12.0. The van der Waals surface area contributed by atoms with Gasteiger partial charge in [0.2, 0.25) is 0 Å². The minimum Gasteiger partial charge on any atom is -0.381 e. The van der Waals surface area contributed by atoms with Crippen molar-refractivity contribution < 1.29 is 13.9 Å². The van der Waals surface area contributed by atoms with Crippen LogP contribution in [0.1, 0.15) is 28.8 Å². The van der Waals surface area contributed by atoms with E-state index in [2.05, 4.69) is 5.32 Å². The summed E-state index contributed by atoms with van der Waals surface area (Å²) in [6.07, 6.45) is 1.83. The molecular formula is C13H16FNO2. The number of nitrogens with one attached hydrogen (secondary N) is 1. The molecule has 0 radical (unpaired) electrons. The maximum atomic E-state index is 13.5. The minimum atomic E-state index is -0.467. The Morgan fingerprint density at radius 2 is 2.18 bits per heavy atom. The molecule has 0 spiro atoms. The fourth-order valence-corrected chi connectivity index (χ4v) is 1.94. The van der Waals surface area contributed by atoms with Gasteiger partial charge >= 0.3 is 0 Å². The van der Waals surface area contributed by atoms with Gasteiger partial charge in [-0.3, -0.25) is 4.79 Å². The van der Waals surface area contributed by atoms with Gasteiger partial charge in [-0.25, -0.2) is 4.39 Å². The van der Waals surface area contributed by atoms with Gasteiger partial charge < -0.3 is 10.1 Å². The number of benzene rings is 1. The fraction of sp³-hybridized carbons (Fsp3) is 0.462. The Labute approximate surface area is 100.0 Å². The lowest BCUT2D eigenvalue weighted by atomic mass is 9.89. The number of carbonyl (C=O) groups is 1. The zero-order valence-electron chi connectivity index (χ0n) is 10.00. The molecule has 2 rings (SSSR count). The summed E-state index contributed by atoms with van der Waals surface area (Å²) < 4.78 is 18.6. The lowest BCUT2D eigenvalue weighted by Crippen LogP contribution is -2.47. The first-order valence-corrected chi connectivity index (χ1v) is 5.70. The fourth-order valence-electron chi connectivity index (χ4n) is 1.94. The van der Waals surface area contributed by atoms with Gasteiger partial charge in [0.25, 0.3) is 5.91 Å². The van der Waals surface area contributed by atoms with Crippen LogP contribution in [-0.2, 0) is 4.74 Å². The number of rotatable bonds is 3. The predicted molar refractivity (Wildman–Crippen MR) is 62.4 cm³/mol. The molecule has 1 fully saturated rings. The molecule has 1 aliphatic rings. The van der Waals surface area contributed by atoms with Crippen LogP contribution >= 0.6 is 0 Å². The van der Waals surface area contributed by atoms with Crippen molar-refractivity contribution in [2.75, 3.05) is 7.11 Å². The van der Waals surface area contributed by atoms with Crippen LogP contribution in [0.3, 0.4) is 0 Å². The second-order valence-electron chi connectivity index (χ2n) is 4.48. The minimum absolute atomic E-state index is 0.105. The number of carbonyl (C=O) groups excluding carboxylic acids is 1. The quantitative estimate of drug-likeness (QED) is 0.873. The first-order chi connectivity index (χ1) is 8.10. The molecule has 1 aromatic carbocycles. The third-order valence-corrected chi connectivity index (χ3v) is 3.13. The van der Waals surface area contributed by atoms with Crippen LogP contribution in [0, 0.1) is 12.7 Å². The van der Waals surface area contributed by atoms with E-state index < -0.39 is 5.82 Å². The van der Waals surface area contributed by atoms with Crippen molar-refractivity contribution in [3.8, 4) is 0 Å². The molecule has 3 nitrogen and oxygen atoms in total. The van der Waals surface area contributed by atoms with Gasteiger partial charge in [0, 0.05) is 13.2 Å². The first-order valence-electron chi connectivity index (χ1n) is 5.70. The van der Waals surface area contributed by atoms with Crippen molar-refractivity contribution in [3.63, 3.8) is 0 Å². The van der Waals surface area contributed by atoms with Crippen molar-refractivity contribution >= 4 is 5.91 Å². The van der Waals surface area contributed by atoms with Crippen LogP contribution in [0.4, 0.5) is 4.39 Å². The summed E-state index contributed by atoms with van der Waals surface area (Å²) in [5, 5.41) is 2.80. The van der Waals surface area contributed by atoms with Crippen LogP contribution in [0.25, 0.3) is 0 Å². The van der Waals surface area contributed by atoms with Crippen molar-refractivity contribution in [2.45, 2.75) is 31.9 Å². The molecule has 0 aromatic heterocycles. The van der Waals surface area contributed by atoms with E-state index in [4.69, 9.17) is 4.74 Å². The lowest BCUT2D eigenvalue weighted by molar-refractivity contribution is 0.0175. The normalized spacial score (nSPS) is 23.0. The summed E-state index contributed by atoms with van der Waals surface area (Å²) in [4.78, 5) is 11.8. The summed E-state index contributed by atoms with van der Waals surface area (Å²) in [5.74, 6) is -0.813. The average Bonchev–Trinajstić information content (AvgIpc) is 2.22. The molecule has 0 bridgehead atoms. The number of hydrogen-bond donors (Lipinski definition) is 1. The van der Waals surface area contributed by atoms with Crippen molar-refractivity contribution in [1.29, 1.82) is 0 Å². The molecule has 17 heavy (non-hydrogen) atoms. The van der Waals surface area contributed by atoms with E-state index in [-0.39, 0.29) is 23.6 Å². The van der Waals surface area contributed by atoms with Gasteiger partial charge in [0.05, 0.1) is 11.7 Å². The number of ether oxygens (including phenoxy) is 1. The smallest absolute Gasteiger partial charge is 0.254 e. The molecule has 0 atom stereocenters. The molecule has 0 heterocycles. The SMILES string of the molecule is COC1CC(NC(=O)c2ccc(C)cc2F)C1. The molecule has 0 aliphatic heterocycles. The predicted octanol–water partition coefficient (Wildman–Crippen LogP) is 2.04. The van der Waals surface area contributed by atoms with E-state index in [0.717, 1.165) is 18.4 Å². The maximum absolute atomic E-state index is 13.5. The summed E-state index contributed by atoms with van der Waals surface area (Å²) in [6.45, 7) is 1.79. The van der Waals surface area contributed by atoms with Gasteiger partial charge in [-0.1, -0.05) is 6.07 Å². The van der Waals surface area contributed by atoms with Crippen molar-refractivity contribution in [1.82, 2.24) is 5.32 Å². The summed E-state index contributed by atoms with van der Waals surface area (Å²) in [6, 6.07) is 4.73. The molecule has 4 heteroatoms. The maximum Gasteiger partial charge on any atom is 0.254 e. The largest absolute Gasteiger partial charge is 0.381 e. The van der Waals surface area contributed by atoms with Gasteiger partial charge in [0.15, 0.2) is 0 Å². The molecule has 1 saturated carbocycles. The summed E-state index contributed by atoms with van der Waals surface area (Å²) >= 11 is 0. The standard InChI is InChI=1S/C13H16FNO2/c1-8-3-4-11(12(14)5-8)13(16)15-9-6-10(7-9)17-2/h3-5,9-10H,6-7H2,1-2H3,(H,15,16). The number of amides is 1. The molecule has 92 valence electrons. The average molecular weight is 237 g/mol. The van der Waals surface area contributed by atoms with Crippen LogP contribution in [-0.4, -0.2) is 25.2 Å². The Morgan fingerprint density at radius 1 is 1.47 bits per heavy atom. The van der Waals surface area contributed by atoms with E-state index >= 15 is 0 Å². The molecule has 1 aliphatic carbocycles. The number of aryl methyl sites for hydroxylation is 1. The molecular weight excluding hydrogens is 221 g/mol. The highest BCUT2D eigenvalue weighted by molar-refractivity contribution is 5.94. The van der Waals surface area contributed by atoms with Gasteiger partial charge in [-0.2, -0.15) is 0 Å². The van der Waals surface area contributed by atoms with Crippen LogP contribution in [0.2, 0.25) is 0 Å². The number of hydrogen-bond acceptors (Lipinski definition) is 2. The third kappa shape index (κ3) is 2.64. The van der Waals surface area contributed by atoms with Gasteiger partial charge in [-0.15, -0.1) is 0 Å². The third-order valence-electron chi connectivity index (χ3n) is 3.13. The van der Waals surface area contributed by atoms with E-state index in [9.17, 15) is 9.18 Å². The second kappa shape index (κ2) is 4.84. The molecule has 0 saturated heterocycles. The Morgan fingerprint density at radius 3 is 2.76 bits per heavy atom. The van der Waals surface area contributed by atoms with E-state index in [1.165, 1.54) is 12.1 Å². The van der Waals surface area contributed by atoms with Crippen LogP contribution < -0.4 is 5.32 Å². The summed E-state index contributed by atoms with van der Waals surface area (Å²) in [5.41, 5.74) is 0.915. The summed E-state index contributed by atoms with van der Waals surface area (Å²) in [7, 11) is 1.66. The van der Waals surface area contributed by atoms with E-state index in [0.29, 0.717) is 0 Å². The monoisotopic (exact) mass is 237 g/mol. The molecule has 1 aromatic rings. The van der Waals surface area contributed by atoms with E-state index in [1.807, 2.05) is 0 Å². The zero-order chi connectivity index (χ0) is 12.4. The van der Waals surface area contributed by atoms with Crippen LogP contribution in [0.5, 0.6) is 0 Å². The highest BCUT2D eigenvalue weighted by atomic mass is 19.1. The number of methoxy groups -OCH3 is 1. The van der Waals surface area contributed by atoms with Crippen molar-refractivity contribution in [2.24, 2.45) is 0 Å². The lowest BCUT2D eigenvalue weighted by Gasteiger charge is -2.34. The van der Waals surface area contributed by atoms with E-state index in [1.54, 1.807) is 20.1 Å².